The molecule has 2 fully saturated rings. The van der Waals surface area contributed by atoms with Crippen LogP contribution in [0.1, 0.15) is 49.9 Å². The fourth-order valence-electron chi connectivity index (χ4n) is 5.41. The van der Waals surface area contributed by atoms with Gasteiger partial charge in [-0.3, -0.25) is 14.9 Å². The number of aromatic amines is 2. The summed E-state index contributed by atoms with van der Waals surface area (Å²) < 4.78 is 0. The first-order valence-corrected chi connectivity index (χ1v) is 13.0. The number of allylic oxidation sites excluding steroid dienone is 1. The molecule has 2 aliphatic carbocycles. The maximum absolute atomic E-state index is 12.2. The summed E-state index contributed by atoms with van der Waals surface area (Å²) in [7, 11) is 0. The lowest BCUT2D eigenvalue weighted by molar-refractivity contribution is -0.117. The van der Waals surface area contributed by atoms with E-state index >= 15 is 0 Å². The Morgan fingerprint density at radius 3 is 2.78 bits per heavy atom. The van der Waals surface area contributed by atoms with Crippen LogP contribution in [0, 0.1) is 5.92 Å². The Labute approximate surface area is 209 Å². The minimum absolute atomic E-state index is 0.0845. The van der Waals surface area contributed by atoms with Crippen molar-refractivity contribution < 1.29 is 4.79 Å². The number of H-pyrrole nitrogens is 2. The minimum Gasteiger partial charge on any atom is -0.370 e. The van der Waals surface area contributed by atoms with Gasteiger partial charge in [0.15, 0.2) is 5.82 Å². The molecule has 0 unspecified atom stereocenters. The average molecular weight is 480 g/mol. The van der Waals surface area contributed by atoms with Crippen LogP contribution in [-0.4, -0.2) is 49.0 Å². The van der Waals surface area contributed by atoms with E-state index < -0.39 is 0 Å². The molecule has 182 valence electrons. The highest BCUT2D eigenvalue weighted by atomic mass is 16.2. The van der Waals surface area contributed by atoms with Gasteiger partial charge in [-0.05, 0) is 68.7 Å². The highest BCUT2D eigenvalue weighted by molar-refractivity contribution is 5.96. The topological polar surface area (TPSA) is 103 Å². The van der Waals surface area contributed by atoms with Gasteiger partial charge < -0.3 is 15.2 Å². The molecule has 8 nitrogen and oxygen atoms in total. The third kappa shape index (κ3) is 3.86. The highest BCUT2D eigenvalue weighted by Gasteiger charge is 2.29. The number of likely N-dealkylation sites (tertiary alicyclic amines) is 1. The first-order valence-electron chi connectivity index (χ1n) is 13.0. The number of imidazole rings is 1. The Bertz CT molecular complexity index is 1490. The Morgan fingerprint density at radius 2 is 1.92 bits per heavy atom. The van der Waals surface area contributed by atoms with Gasteiger partial charge in [0.05, 0.1) is 23.1 Å². The van der Waals surface area contributed by atoms with Crippen LogP contribution in [0.25, 0.3) is 39.2 Å². The molecule has 1 aromatic carbocycles. The maximum atomic E-state index is 12.2. The molecule has 3 aromatic heterocycles. The number of hydrogen-bond acceptors (Lipinski definition) is 5. The number of piperidine rings is 1. The zero-order valence-electron chi connectivity index (χ0n) is 20.2. The van der Waals surface area contributed by atoms with E-state index in [4.69, 9.17) is 4.98 Å². The number of aromatic nitrogens is 5. The molecular weight excluding hydrogens is 450 g/mol. The number of benzene rings is 1. The van der Waals surface area contributed by atoms with E-state index in [1.165, 1.54) is 30.7 Å². The molecule has 0 bridgehead atoms. The first kappa shape index (κ1) is 21.4. The fourth-order valence-corrected chi connectivity index (χ4v) is 5.41. The number of carbonyl (C=O) groups is 1. The summed E-state index contributed by atoms with van der Waals surface area (Å²) in [6.07, 6.45) is 13.6. The monoisotopic (exact) mass is 479 g/mol. The molecule has 4 aromatic rings. The summed E-state index contributed by atoms with van der Waals surface area (Å²) >= 11 is 0. The summed E-state index contributed by atoms with van der Waals surface area (Å²) in [5.74, 6) is 1.04. The van der Waals surface area contributed by atoms with Crippen LogP contribution in [0.15, 0.2) is 42.7 Å². The second kappa shape index (κ2) is 8.62. The molecule has 0 atom stereocenters. The second-order valence-electron chi connectivity index (χ2n) is 10.1. The minimum atomic E-state index is 0.0845. The van der Waals surface area contributed by atoms with Gasteiger partial charge in [-0.15, -0.1) is 0 Å². The van der Waals surface area contributed by atoms with Gasteiger partial charge in [0, 0.05) is 41.8 Å². The Morgan fingerprint density at radius 1 is 1.03 bits per heavy atom. The smallest absolute Gasteiger partial charge is 0.227 e. The zero-order valence-corrected chi connectivity index (χ0v) is 20.2. The van der Waals surface area contributed by atoms with Gasteiger partial charge in [0.25, 0.3) is 0 Å². The van der Waals surface area contributed by atoms with Crippen molar-refractivity contribution in [3.63, 3.8) is 0 Å². The van der Waals surface area contributed by atoms with Gasteiger partial charge in [-0.1, -0.05) is 12.1 Å². The lowest BCUT2D eigenvalue weighted by atomic mass is 10.0. The van der Waals surface area contributed by atoms with Crippen LogP contribution in [0.2, 0.25) is 0 Å². The lowest BCUT2D eigenvalue weighted by Crippen LogP contribution is -2.29. The normalized spacial score (nSPS) is 17.7. The maximum Gasteiger partial charge on any atom is 0.227 e. The Hall–Kier alpha value is -3.94. The molecule has 8 heteroatoms. The number of hydrogen-bond donors (Lipinski definition) is 3. The Kier molecular flexibility index (Phi) is 5.11. The zero-order chi connectivity index (χ0) is 24.1. The van der Waals surface area contributed by atoms with Crippen LogP contribution >= 0.6 is 0 Å². The summed E-state index contributed by atoms with van der Waals surface area (Å²) in [6, 6.07) is 8.20. The third-order valence-corrected chi connectivity index (χ3v) is 7.52. The highest BCUT2D eigenvalue weighted by Crippen LogP contribution is 2.35. The van der Waals surface area contributed by atoms with E-state index in [1.807, 2.05) is 18.3 Å². The summed E-state index contributed by atoms with van der Waals surface area (Å²) in [5, 5.41) is 11.8. The largest absolute Gasteiger partial charge is 0.370 e. The number of nitrogens with zero attached hydrogens (tertiary/aromatic N) is 4. The van der Waals surface area contributed by atoms with E-state index in [9.17, 15) is 4.79 Å². The van der Waals surface area contributed by atoms with Gasteiger partial charge in [0.2, 0.25) is 5.91 Å². The van der Waals surface area contributed by atoms with Crippen molar-refractivity contribution in [1.29, 1.82) is 0 Å². The van der Waals surface area contributed by atoms with Crippen LogP contribution in [0.5, 0.6) is 0 Å². The molecule has 0 radical (unpaired) electrons. The number of carbonyl (C=O) groups excluding carboxylic acids is 1. The molecule has 3 aliphatic rings. The number of rotatable bonds is 5. The van der Waals surface area contributed by atoms with Crippen molar-refractivity contribution in [1.82, 2.24) is 30.0 Å². The quantitative estimate of drug-likeness (QED) is 0.368. The van der Waals surface area contributed by atoms with Crippen LogP contribution < -0.4 is 5.32 Å². The Balaban J connectivity index is 1.22. The van der Waals surface area contributed by atoms with E-state index in [1.54, 1.807) is 6.20 Å². The molecule has 1 saturated heterocycles. The summed E-state index contributed by atoms with van der Waals surface area (Å²) in [5.41, 5.74) is 8.03. The van der Waals surface area contributed by atoms with Crippen molar-refractivity contribution in [3.05, 3.63) is 54.1 Å². The second-order valence-corrected chi connectivity index (χ2v) is 10.1. The number of amides is 1. The van der Waals surface area contributed by atoms with Gasteiger partial charge in [-0.25, -0.2) is 4.98 Å². The molecule has 0 spiro atoms. The molecular formula is C28H29N7O. The molecule has 36 heavy (non-hydrogen) atoms. The molecule has 1 amide bonds. The lowest BCUT2D eigenvalue weighted by Gasteiger charge is -2.32. The summed E-state index contributed by atoms with van der Waals surface area (Å²) in [4.78, 5) is 27.7. The summed E-state index contributed by atoms with van der Waals surface area (Å²) in [6.45, 7) is 2.22. The number of pyridine rings is 1. The molecule has 1 saturated carbocycles. The number of aryl methyl sites for hydroxylation is 1. The van der Waals surface area contributed by atoms with E-state index in [0.29, 0.717) is 0 Å². The molecule has 3 N–H and O–H groups in total. The molecule has 4 heterocycles. The standard InChI is InChI=1S/C28H29N7O/c36-28(17-7-8-17)30-20-13-19(15-29-16-20)18-9-10-22-21(14-18)25(34-33-22)27-31-23-5-4-6-24(26(23)32-27)35-11-2-1-3-12-35/h6,9-10,13-17H,1-5,7-8,11-12H2,(H,30,36)(H,31,32)(H,33,34). The van der Waals surface area contributed by atoms with Gasteiger partial charge in [-0.2, -0.15) is 5.10 Å². The number of fused-ring (bicyclic) bond motifs is 2. The molecule has 7 rings (SSSR count). The van der Waals surface area contributed by atoms with E-state index in [-0.39, 0.29) is 11.8 Å². The van der Waals surface area contributed by atoms with Crippen LogP contribution in [-0.2, 0) is 11.2 Å². The SMILES string of the molecule is O=C(Nc1cncc(-c2ccc3[nH]nc(-c4nc5c([nH]4)CCC=C5N4CCCCC4)c3c2)c1)C1CC1. The van der Waals surface area contributed by atoms with Crippen molar-refractivity contribution in [2.75, 3.05) is 18.4 Å². The third-order valence-electron chi connectivity index (χ3n) is 7.52. The fraction of sp³-hybridized carbons (Fsp3) is 0.357. The predicted octanol–water partition coefficient (Wildman–Crippen LogP) is 5.14. The first-order chi connectivity index (χ1) is 17.7. The van der Waals surface area contributed by atoms with Gasteiger partial charge in [0.1, 0.15) is 11.4 Å². The number of nitrogens with one attached hydrogen (secondary N) is 3. The van der Waals surface area contributed by atoms with Gasteiger partial charge >= 0.3 is 0 Å². The van der Waals surface area contributed by atoms with Crippen LogP contribution in [0.4, 0.5) is 5.69 Å². The number of anilines is 1. The van der Waals surface area contributed by atoms with Crippen molar-refractivity contribution in [2.24, 2.45) is 5.92 Å². The predicted molar refractivity (Wildman–Crippen MR) is 140 cm³/mol. The average Bonchev–Trinajstić information content (AvgIpc) is 3.55. The van der Waals surface area contributed by atoms with Crippen molar-refractivity contribution >= 4 is 28.2 Å². The van der Waals surface area contributed by atoms with E-state index in [0.717, 1.165) is 83.7 Å². The van der Waals surface area contributed by atoms with Crippen LogP contribution in [0.3, 0.4) is 0 Å². The van der Waals surface area contributed by atoms with Crippen molar-refractivity contribution in [2.45, 2.75) is 44.9 Å². The van der Waals surface area contributed by atoms with Crippen molar-refractivity contribution in [3.8, 4) is 22.6 Å². The molecule has 1 aliphatic heterocycles. The van der Waals surface area contributed by atoms with E-state index in [2.05, 4.69) is 48.6 Å².